The van der Waals surface area contributed by atoms with Gasteiger partial charge in [0.05, 0.1) is 11.4 Å². The topological polar surface area (TPSA) is 123 Å². The van der Waals surface area contributed by atoms with Crippen LogP contribution in [0.1, 0.15) is 24.4 Å². The zero-order chi connectivity index (χ0) is 22.6. The van der Waals surface area contributed by atoms with Crippen molar-refractivity contribution < 1.29 is 9.21 Å². The molecule has 1 saturated heterocycles. The summed E-state index contributed by atoms with van der Waals surface area (Å²) in [7, 11) is 0. The number of amides is 1. The number of fused-ring (bicyclic) bond motifs is 2. The summed E-state index contributed by atoms with van der Waals surface area (Å²) in [6.45, 7) is 6.63. The average Bonchev–Trinajstić information content (AvgIpc) is 3.34. The smallest absolute Gasteiger partial charge is 0.292 e. The van der Waals surface area contributed by atoms with E-state index in [4.69, 9.17) is 21.8 Å². The zero-order valence-corrected chi connectivity index (χ0v) is 18.1. The standard InChI is InChI=1S/C22H21ClN6O3/c1-3-16(30)28-8-6-13(7-9-28)29-19(17-18(27-29)22(31)26-25-21(17)24)20-11(2)14-5-4-12(23)10-15(14)32-20/h3-5,10,13H,1,6-9H2,2H3,(H2,24,25)(H,26,31). The van der Waals surface area contributed by atoms with Crippen LogP contribution in [-0.4, -0.2) is 43.9 Å². The molecule has 0 radical (unpaired) electrons. The van der Waals surface area contributed by atoms with Gasteiger partial charge in [0.1, 0.15) is 11.3 Å². The minimum atomic E-state index is -0.426. The number of hydrogen-bond donors (Lipinski definition) is 2. The lowest BCUT2D eigenvalue weighted by atomic mass is 10.0. The summed E-state index contributed by atoms with van der Waals surface area (Å²) in [6.07, 6.45) is 2.65. The van der Waals surface area contributed by atoms with E-state index in [1.807, 2.05) is 13.0 Å². The number of benzene rings is 1. The van der Waals surface area contributed by atoms with Gasteiger partial charge in [-0.05, 0) is 38.0 Å². The average molecular weight is 453 g/mol. The third-order valence-electron chi connectivity index (χ3n) is 6.07. The molecule has 10 heteroatoms. The molecule has 32 heavy (non-hydrogen) atoms. The van der Waals surface area contributed by atoms with E-state index in [0.29, 0.717) is 53.4 Å². The normalized spacial score (nSPS) is 15.0. The number of aryl methyl sites for hydroxylation is 1. The van der Waals surface area contributed by atoms with Crippen LogP contribution in [-0.2, 0) is 4.79 Å². The predicted octanol–water partition coefficient (Wildman–Crippen LogP) is 3.43. The number of nitrogens with one attached hydrogen (secondary N) is 1. The molecule has 1 aliphatic heterocycles. The van der Waals surface area contributed by atoms with Crippen molar-refractivity contribution in [2.75, 3.05) is 18.8 Å². The molecular formula is C22H21ClN6O3. The molecule has 0 unspecified atom stereocenters. The van der Waals surface area contributed by atoms with Gasteiger partial charge in [-0.2, -0.15) is 10.2 Å². The molecule has 1 amide bonds. The van der Waals surface area contributed by atoms with Gasteiger partial charge in [-0.1, -0.05) is 18.2 Å². The minimum absolute atomic E-state index is 0.0544. The molecular weight excluding hydrogens is 432 g/mol. The number of rotatable bonds is 3. The molecule has 0 aliphatic carbocycles. The van der Waals surface area contributed by atoms with Crippen LogP contribution in [0.4, 0.5) is 5.82 Å². The van der Waals surface area contributed by atoms with Crippen LogP contribution in [0.2, 0.25) is 5.02 Å². The summed E-state index contributed by atoms with van der Waals surface area (Å²) in [5, 5.41) is 12.9. The van der Waals surface area contributed by atoms with E-state index in [1.165, 1.54) is 6.08 Å². The predicted molar refractivity (Wildman–Crippen MR) is 123 cm³/mol. The molecule has 3 N–H and O–H groups in total. The second-order valence-corrected chi connectivity index (χ2v) is 8.35. The number of piperidine rings is 1. The Morgan fingerprint density at radius 1 is 1.38 bits per heavy atom. The monoisotopic (exact) mass is 452 g/mol. The molecule has 1 fully saturated rings. The van der Waals surface area contributed by atoms with Crippen LogP contribution in [0, 0.1) is 6.92 Å². The van der Waals surface area contributed by atoms with Crippen molar-refractivity contribution in [3.05, 3.63) is 51.8 Å². The maximum Gasteiger partial charge on any atom is 0.292 e. The number of hydrogen-bond acceptors (Lipinski definition) is 6. The second kappa shape index (κ2) is 7.52. The van der Waals surface area contributed by atoms with Crippen LogP contribution >= 0.6 is 11.6 Å². The fourth-order valence-electron chi connectivity index (χ4n) is 4.42. The van der Waals surface area contributed by atoms with Gasteiger partial charge < -0.3 is 15.1 Å². The number of aromatic amines is 1. The number of nitrogens with zero attached hydrogens (tertiary/aromatic N) is 4. The number of H-pyrrole nitrogens is 1. The number of carbonyl (C=O) groups is 1. The maximum atomic E-state index is 12.5. The van der Waals surface area contributed by atoms with Crippen LogP contribution in [0.25, 0.3) is 33.3 Å². The number of furan rings is 1. The number of nitrogens with two attached hydrogens (primary N) is 1. The Kier molecular flexibility index (Phi) is 4.78. The van der Waals surface area contributed by atoms with Crippen molar-refractivity contribution in [2.24, 2.45) is 0 Å². The lowest BCUT2D eigenvalue weighted by molar-refractivity contribution is -0.127. The third kappa shape index (κ3) is 3.08. The number of carbonyl (C=O) groups excluding carboxylic acids is 1. The summed E-state index contributed by atoms with van der Waals surface area (Å²) in [5.41, 5.74) is 8.10. The number of anilines is 1. The van der Waals surface area contributed by atoms with Crippen molar-refractivity contribution in [2.45, 2.75) is 25.8 Å². The Morgan fingerprint density at radius 2 is 2.12 bits per heavy atom. The van der Waals surface area contributed by atoms with Crippen LogP contribution < -0.4 is 11.3 Å². The van der Waals surface area contributed by atoms with Gasteiger partial charge in [0.2, 0.25) is 5.91 Å². The van der Waals surface area contributed by atoms with Crippen molar-refractivity contribution in [3.8, 4) is 11.5 Å². The van der Waals surface area contributed by atoms with E-state index in [2.05, 4.69) is 21.9 Å². The highest BCUT2D eigenvalue weighted by molar-refractivity contribution is 6.31. The lowest BCUT2D eigenvalue weighted by Gasteiger charge is -2.32. The van der Waals surface area contributed by atoms with Gasteiger partial charge in [0.15, 0.2) is 17.1 Å². The molecule has 0 spiro atoms. The minimum Gasteiger partial charge on any atom is -0.454 e. The number of nitrogen functional groups attached to an aromatic ring is 1. The first-order valence-electron chi connectivity index (χ1n) is 10.3. The number of halogens is 1. The van der Waals surface area contributed by atoms with Gasteiger partial charge in [0.25, 0.3) is 5.56 Å². The summed E-state index contributed by atoms with van der Waals surface area (Å²) in [6, 6.07) is 5.40. The fourth-order valence-corrected chi connectivity index (χ4v) is 4.58. The molecule has 4 heterocycles. The summed E-state index contributed by atoms with van der Waals surface area (Å²) in [5.74, 6) is 0.635. The quantitative estimate of drug-likeness (QED) is 0.459. The van der Waals surface area contributed by atoms with E-state index in [0.717, 1.165) is 10.9 Å². The highest BCUT2D eigenvalue weighted by Gasteiger charge is 2.30. The summed E-state index contributed by atoms with van der Waals surface area (Å²) >= 11 is 6.16. The van der Waals surface area contributed by atoms with Gasteiger partial charge in [-0.15, -0.1) is 0 Å². The van der Waals surface area contributed by atoms with E-state index < -0.39 is 5.56 Å². The Balaban J connectivity index is 1.71. The number of likely N-dealkylation sites (tertiary alicyclic amines) is 1. The van der Waals surface area contributed by atoms with Crippen LogP contribution in [0.5, 0.6) is 0 Å². The lowest BCUT2D eigenvalue weighted by Crippen LogP contribution is -2.38. The molecule has 3 aromatic heterocycles. The molecule has 0 saturated carbocycles. The first kappa shape index (κ1) is 20.3. The zero-order valence-electron chi connectivity index (χ0n) is 17.4. The highest BCUT2D eigenvalue weighted by atomic mass is 35.5. The van der Waals surface area contributed by atoms with Crippen molar-refractivity contribution in [1.82, 2.24) is 24.9 Å². The maximum absolute atomic E-state index is 12.5. The SMILES string of the molecule is C=CC(=O)N1CCC(n2nc3c(=O)[nH]nc(N)c3c2-c2oc3cc(Cl)ccc3c2C)CC1. The molecule has 1 aromatic carbocycles. The molecule has 0 atom stereocenters. The Bertz CT molecular complexity index is 1440. The largest absolute Gasteiger partial charge is 0.454 e. The molecule has 164 valence electrons. The Labute approximate surface area is 187 Å². The third-order valence-corrected chi connectivity index (χ3v) is 6.31. The van der Waals surface area contributed by atoms with E-state index in [9.17, 15) is 9.59 Å². The van der Waals surface area contributed by atoms with Crippen molar-refractivity contribution in [1.29, 1.82) is 0 Å². The van der Waals surface area contributed by atoms with Crippen molar-refractivity contribution >= 4 is 45.2 Å². The van der Waals surface area contributed by atoms with Gasteiger partial charge >= 0.3 is 0 Å². The van der Waals surface area contributed by atoms with E-state index in [-0.39, 0.29) is 23.3 Å². The molecule has 5 rings (SSSR count). The number of aromatic nitrogens is 4. The summed E-state index contributed by atoms with van der Waals surface area (Å²) in [4.78, 5) is 26.3. The van der Waals surface area contributed by atoms with E-state index >= 15 is 0 Å². The highest BCUT2D eigenvalue weighted by Crippen LogP contribution is 2.40. The first-order chi connectivity index (χ1) is 15.4. The van der Waals surface area contributed by atoms with Gasteiger partial charge in [-0.3, -0.25) is 14.3 Å². The molecule has 4 aromatic rings. The van der Waals surface area contributed by atoms with Crippen molar-refractivity contribution in [3.63, 3.8) is 0 Å². The Morgan fingerprint density at radius 3 is 2.84 bits per heavy atom. The first-order valence-corrected chi connectivity index (χ1v) is 10.6. The van der Waals surface area contributed by atoms with E-state index in [1.54, 1.807) is 21.7 Å². The van der Waals surface area contributed by atoms with Crippen LogP contribution in [0.15, 0.2) is 40.1 Å². The second-order valence-electron chi connectivity index (χ2n) is 7.91. The molecule has 1 aliphatic rings. The Hall–Kier alpha value is -3.59. The van der Waals surface area contributed by atoms with Gasteiger partial charge in [0, 0.05) is 35.1 Å². The molecule has 0 bridgehead atoms. The molecule has 9 nitrogen and oxygen atoms in total. The summed E-state index contributed by atoms with van der Waals surface area (Å²) < 4.78 is 8.02. The van der Waals surface area contributed by atoms with Crippen LogP contribution in [0.3, 0.4) is 0 Å². The fraction of sp³-hybridized carbons (Fsp3) is 0.273. The van der Waals surface area contributed by atoms with Gasteiger partial charge in [-0.25, -0.2) is 5.10 Å².